The van der Waals surface area contributed by atoms with Gasteiger partial charge >= 0.3 is 12.0 Å². The van der Waals surface area contributed by atoms with E-state index in [9.17, 15) is 9.59 Å². The second-order valence-electron chi connectivity index (χ2n) is 5.61. The lowest BCUT2D eigenvalue weighted by atomic mass is 10.1. The Balaban J connectivity index is 2.20. The Labute approximate surface area is 125 Å². The van der Waals surface area contributed by atoms with Gasteiger partial charge in [-0.3, -0.25) is 9.69 Å². The number of benzene rings is 1. The maximum Gasteiger partial charge on any atom is 0.324 e. The number of rotatable bonds is 4. The number of carboxylic acids is 1. The fourth-order valence-corrected chi connectivity index (χ4v) is 2.76. The van der Waals surface area contributed by atoms with E-state index < -0.39 is 11.9 Å². The lowest BCUT2D eigenvalue weighted by Crippen LogP contribution is -2.48. The van der Waals surface area contributed by atoms with Crippen molar-refractivity contribution in [2.24, 2.45) is 5.92 Å². The Morgan fingerprint density at radius 1 is 1.43 bits per heavy atom. The number of hydrogen-bond acceptors (Lipinski definition) is 2. The summed E-state index contributed by atoms with van der Waals surface area (Å²) in [6.45, 7) is 6.25. The number of fused-ring (bicyclic) bond motifs is 1. The highest BCUT2D eigenvalue weighted by atomic mass is 16.4. The molecule has 2 rings (SSSR count). The molecule has 5 heteroatoms. The Morgan fingerprint density at radius 3 is 2.71 bits per heavy atom. The smallest absolute Gasteiger partial charge is 0.324 e. The molecule has 2 unspecified atom stereocenters. The molecular weight excluding hydrogens is 268 g/mol. The number of aliphatic carboxylic acids is 1. The molecule has 5 nitrogen and oxygen atoms in total. The summed E-state index contributed by atoms with van der Waals surface area (Å²) in [5.74, 6) is -1.45. The zero-order valence-electron chi connectivity index (χ0n) is 12.7. The monoisotopic (exact) mass is 290 g/mol. The van der Waals surface area contributed by atoms with E-state index in [1.807, 2.05) is 38.1 Å². The summed E-state index contributed by atoms with van der Waals surface area (Å²) in [6.07, 6.45) is 0.841. The van der Waals surface area contributed by atoms with Crippen molar-refractivity contribution in [3.8, 4) is 0 Å². The minimum atomic E-state index is -0.879. The van der Waals surface area contributed by atoms with Gasteiger partial charge in [-0.2, -0.15) is 0 Å². The van der Waals surface area contributed by atoms with Gasteiger partial charge in [0.25, 0.3) is 0 Å². The van der Waals surface area contributed by atoms with Gasteiger partial charge < -0.3 is 10.0 Å². The van der Waals surface area contributed by atoms with Gasteiger partial charge in [0, 0.05) is 24.8 Å². The van der Waals surface area contributed by atoms with E-state index in [-0.39, 0.29) is 18.6 Å². The number of amides is 2. The van der Waals surface area contributed by atoms with Crippen molar-refractivity contribution in [3.63, 3.8) is 0 Å². The molecule has 2 amide bonds. The van der Waals surface area contributed by atoms with Crippen LogP contribution in [0.5, 0.6) is 0 Å². The Morgan fingerprint density at radius 2 is 2.10 bits per heavy atom. The third-order valence-corrected chi connectivity index (χ3v) is 3.98. The number of nitrogens with zero attached hydrogens (tertiary/aromatic N) is 2. The van der Waals surface area contributed by atoms with E-state index in [1.165, 1.54) is 5.56 Å². The molecule has 0 aromatic heterocycles. The van der Waals surface area contributed by atoms with Crippen LogP contribution in [0.4, 0.5) is 10.5 Å². The highest BCUT2D eigenvalue weighted by Crippen LogP contribution is 2.32. The van der Waals surface area contributed by atoms with Crippen LogP contribution >= 0.6 is 0 Å². The first-order chi connectivity index (χ1) is 9.95. The van der Waals surface area contributed by atoms with Crippen LogP contribution in [0.2, 0.25) is 0 Å². The summed E-state index contributed by atoms with van der Waals surface area (Å²) in [4.78, 5) is 27.2. The van der Waals surface area contributed by atoms with Crippen molar-refractivity contribution in [3.05, 3.63) is 29.8 Å². The molecule has 0 saturated carbocycles. The average molecular weight is 290 g/mol. The lowest BCUT2D eigenvalue weighted by Gasteiger charge is -2.31. The number of anilines is 1. The summed E-state index contributed by atoms with van der Waals surface area (Å²) in [7, 11) is 0. The van der Waals surface area contributed by atoms with Gasteiger partial charge in [0.2, 0.25) is 0 Å². The zero-order valence-corrected chi connectivity index (χ0v) is 12.7. The van der Waals surface area contributed by atoms with Crippen LogP contribution in [-0.4, -0.2) is 41.1 Å². The van der Waals surface area contributed by atoms with Gasteiger partial charge in [0.1, 0.15) is 0 Å². The predicted molar refractivity (Wildman–Crippen MR) is 81.5 cm³/mol. The van der Waals surface area contributed by atoms with Gasteiger partial charge in [0.05, 0.1) is 5.92 Å². The topological polar surface area (TPSA) is 60.9 Å². The van der Waals surface area contributed by atoms with Crippen molar-refractivity contribution in [2.45, 2.75) is 33.2 Å². The summed E-state index contributed by atoms with van der Waals surface area (Å²) in [6, 6.07) is 7.88. The first kappa shape index (κ1) is 15.4. The molecular formula is C16H22N2O3. The third-order valence-electron chi connectivity index (χ3n) is 3.98. The van der Waals surface area contributed by atoms with Crippen LogP contribution in [-0.2, 0) is 11.2 Å². The number of para-hydroxylation sites is 1. The van der Waals surface area contributed by atoms with Crippen LogP contribution in [0.3, 0.4) is 0 Å². The quantitative estimate of drug-likeness (QED) is 0.927. The average Bonchev–Trinajstić information content (AvgIpc) is 2.79. The highest BCUT2D eigenvalue weighted by molar-refractivity contribution is 5.95. The SMILES string of the molecule is CCN(CC(C)C(=O)O)C(=O)N1c2ccccc2CC1C. The minimum absolute atomic E-state index is 0.101. The van der Waals surface area contributed by atoms with E-state index >= 15 is 0 Å². The first-order valence-corrected chi connectivity index (χ1v) is 7.34. The van der Waals surface area contributed by atoms with Crippen LogP contribution in [0.15, 0.2) is 24.3 Å². The first-order valence-electron chi connectivity index (χ1n) is 7.34. The summed E-state index contributed by atoms with van der Waals surface area (Å²) in [5.41, 5.74) is 2.11. The van der Waals surface area contributed by atoms with Crippen molar-refractivity contribution in [2.75, 3.05) is 18.0 Å². The standard InChI is InChI=1S/C16H22N2O3/c1-4-17(10-11(2)15(19)20)16(21)18-12(3)9-13-7-5-6-8-14(13)18/h5-8,11-12H,4,9-10H2,1-3H3,(H,19,20). The predicted octanol–water partition coefficient (Wildman–Crippen LogP) is 2.60. The molecule has 21 heavy (non-hydrogen) atoms. The molecule has 0 radical (unpaired) electrons. The van der Waals surface area contributed by atoms with Gasteiger partial charge in [0.15, 0.2) is 0 Å². The third kappa shape index (κ3) is 3.01. The van der Waals surface area contributed by atoms with E-state index in [4.69, 9.17) is 5.11 Å². The van der Waals surface area contributed by atoms with Gasteiger partial charge in [-0.25, -0.2) is 4.79 Å². The van der Waals surface area contributed by atoms with Crippen molar-refractivity contribution in [1.29, 1.82) is 0 Å². The lowest BCUT2D eigenvalue weighted by molar-refractivity contribution is -0.141. The van der Waals surface area contributed by atoms with Crippen LogP contribution in [0, 0.1) is 5.92 Å². The second kappa shape index (κ2) is 6.16. The second-order valence-corrected chi connectivity index (χ2v) is 5.61. The van der Waals surface area contributed by atoms with E-state index in [0.717, 1.165) is 12.1 Å². The van der Waals surface area contributed by atoms with E-state index in [1.54, 1.807) is 16.7 Å². The molecule has 0 bridgehead atoms. The molecule has 114 valence electrons. The molecule has 1 aromatic carbocycles. The largest absolute Gasteiger partial charge is 0.481 e. The number of carbonyl (C=O) groups is 2. The van der Waals surface area contributed by atoms with E-state index in [2.05, 4.69) is 0 Å². The molecule has 0 spiro atoms. The number of urea groups is 1. The Kier molecular flexibility index (Phi) is 4.50. The fraction of sp³-hybridized carbons (Fsp3) is 0.500. The Hall–Kier alpha value is -2.04. The molecule has 1 heterocycles. The van der Waals surface area contributed by atoms with Crippen LogP contribution in [0.1, 0.15) is 26.3 Å². The highest BCUT2D eigenvalue weighted by Gasteiger charge is 2.33. The maximum atomic E-state index is 12.8. The van der Waals surface area contributed by atoms with E-state index in [0.29, 0.717) is 6.54 Å². The molecule has 1 aliphatic heterocycles. The normalized spacial score (nSPS) is 18.2. The van der Waals surface area contributed by atoms with Gasteiger partial charge in [-0.1, -0.05) is 25.1 Å². The summed E-state index contributed by atoms with van der Waals surface area (Å²) >= 11 is 0. The number of carboxylic acid groups (broad SMARTS) is 1. The fourth-order valence-electron chi connectivity index (χ4n) is 2.76. The maximum absolute atomic E-state index is 12.8. The van der Waals surface area contributed by atoms with Gasteiger partial charge in [-0.15, -0.1) is 0 Å². The molecule has 1 aromatic rings. The molecule has 2 atom stereocenters. The summed E-state index contributed by atoms with van der Waals surface area (Å²) < 4.78 is 0. The van der Waals surface area contributed by atoms with Crippen LogP contribution in [0.25, 0.3) is 0 Å². The number of hydrogen-bond donors (Lipinski definition) is 1. The summed E-state index contributed by atoms with van der Waals surface area (Å²) in [5, 5.41) is 9.03. The Bertz CT molecular complexity index is 544. The minimum Gasteiger partial charge on any atom is -0.481 e. The van der Waals surface area contributed by atoms with Crippen molar-refractivity contribution >= 4 is 17.7 Å². The number of carbonyl (C=O) groups excluding carboxylic acids is 1. The van der Waals surface area contributed by atoms with Gasteiger partial charge in [-0.05, 0) is 31.9 Å². The van der Waals surface area contributed by atoms with Crippen LogP contribution < -0.4 is 4.90 Å². The molecule has 0 fully saturated rings. The van der Waals surface area contributed by atoms with Crippen molar-refractivity contribution < 1.29 is 14.7 Å². The molecule has 1 N–H and O–H groups in total. The molecule has 0 aliphatic carbocycles. The zero-order chi connectivity index (χ0) is 15.6. The van der Waals surface area contributed by atoms with Crippen molar-refractivity contribution in [1.82, 2.24) is 4.90 Å². The molecule has 1 aliphatic rings. The molecule has 0 saturated heterocycles.